The molecule has 3 atom stereocenters. The van der Waals surface area contributed by atoms with Gasteiger partial charge in [-0.25, -0.2) is 4.79 Å². The number of nitrogens with two attached hydrogens (primary N) is 1. The first-order valence-electron chi connectivity index (χ1n) is 10.4. The largest absolute Gasteiger partial charge is 0.481 e. The van der Waals surface area contributed by atoms with Gasteiger partial charge in [-0.05, 0) is 68.3 Å². The van der Waals surface area contributed by atoms with E-state index in [-0.39, 0.29) is 0 Å². The number of aliphatic carboxylic acids is 1. The molecule has 29 heavy (non-hydrogen) atoms. The van der Waals surface area contributed by atoms with E-state index in [4.69, 9.17) is 15.6 Å². The molecule has 1 rings (SSSR count). The predicted molar refractivity (Wildman–Crippen MR) is 118 cm³/mol. The Hall–Kier alpha value is -2.08. The number of benzene rings is 1. The summed E-state index contributed by atoms with van der Waals surface area (Å²) in [7, 11) is 4.16. The van der Waals surface area contributed by atoms with E-state index < -0.39 is 12.1 Å². The molecule has 3 unspecified atom stereocenters. The number of carboxylic acid groups (broad SMARTS) is 1. The van der Waals surface area contributed by atoms with Crippen LogP contribution in [0.2, 0.25) is 0 Å². The van der Waals surface area contributed by atoms with Gasteiger partial charge in [0.05, 0.1) is 0 Å². The Kier molecular flexibility index (Phi) is 13.0. The van der Waals surface area contributed by atoms with Crippen LogP contribution in [-0.4, -0.2) is 42.7 Å². The monoisotopic (exact) mass is 408 g/mol. The van der Waals surface area contributed by atoms with Crippen molar-refractivity contribution in [2.75, 3.05) is 20.6 Å². The van der Waals surface area contributed by atoms with E-state index in [2.05, 4.69) is 52.8 Å². The van der Waals surface area contributed by atoms with E-state index in [0.29, 0.717) is 35.8 Å². The summed E-state index contributed by atoms with van der Waals surface area (Å²) >= 11 is 0. The van der Waals surface area contributed by atoms with Crippen LogP contribution in [0.1, 0.15) is 65.4 Å². The summed E-state index contributed by atoms with van der Waals surface area (Å²) in [5.41, 5.74) is 6.23. The molecule has 0 aliphatic carbocycles. The molecule has 6 nitrogen and oxygen atoms in total. The lowest BCUT2D eigenvalue weighted by atomic mass is 9.85. The lowest BCUT2D eigenvalue weighted by Gasteiger charge is -2.26. The predicted octanol–water partition coefficient (Wildman–Crippen LogP) is 4.98. The Morgan fingerprint density at radius 3 is 2.24 bits per heavy atom. The third kappa shape index (κ3) is 12.9. The Morgan fingerprint density at radius 1 is 1.17 bits per heavy atom. The van der Waals surface area contributed by atoms with Crippen LogP contribution in [0.5, 0.6) is 5.75 Å². The van der Waals surface area contributed by atoms with Crippen LogP contribution in [0.3, 0.4) is 0 Å². The fourth-order valence-electron chi connectivity index (χ4n) is 3.78. The van der Waals surface area contributed by atoms with E-state index in [1.807, 2.05) is 19.1 Å². The number of carboxylic acids is 1. The first-order valence-corrected chi connectivity index (χ1v) is 10.4. The molecule has 1 amide bonds. The summed E-state index contributed by atoms with van der Waals surface area (Å²) in [6.45, 7) is 11.7. The van der Waals surface area contributed by atoms with Gasteiger partial charge in [0.15, 0.2) is 0 Å². The van der Waals surface area contributed by atoms with Crippen molar-refractivity contribution in [3.8, 4) is 5.75 Å². The van der Waals surface area contributed by atoms with Crippen LogP contribution >= 0.6 is 0 Å². The number of hydrogen-bond acceptors (Lipinski definition) is 4. The average molecular weight is 409 g/mol. The van der Waals surface area contributed by atoms with Gasteiger partial charge >= 0.3 is 12.1 Å². The van der Waals surface area contributed by atoms with Crippen LogP contribution in [-0.2, 0) is 4.79 Å². The van der Waals surface area contributed by atoms with Gasteiger partial charge < -0.3 is 20.5 Å². The molecule has 0 saturated heterocycles. The fourth-order valence-corrected chi connectivity index (χ4v) is 3.78. The third-order valence-electron chi connectivity index (χ3n) is 4.68. The Morgan fingerprint density at radius 2 is 1.79 bits per heavy atom. The highest BCUT2D eigenvalue weighted by molar-refractivity contribution is 5.68. The minimum absolute atomic E-state index is 0.304. The van der Waals surface area contributed by atoms with Crippen molar-refractivity contribution >= 4 is 12.1 Å². The highest BCUT2D eigenvalue weighted by Gasteiger charge is 2.19. The maximum Gasteiger partial charge on any atom is 0.409 e. The van der Waals surface area contributed by atoms with Gasteiger partial charge in [0.25, 0.3) is 0 Å². The minimum atomic E-state index is -0.772. The zero-order chi connectivity index (χ0) is 22.6. The van der Waals surface area contributed by atoms with Crippen LogP contribution in [0.15, 0.2) is 24.3 Å². The standard InChI is InChI=1S/C15H24N2O2.C8H16O2/c1-5-14(11(2)10-17(3)4)12-7-6-8-13(9-12)19-15(16)18;1-6(2)4-7(3)5-8(9)10/h6-9,11,14H,5,10H2,1-4H3,(H2,16,18);6-7H,4-5H2,1-3H3,(H,9,10). The van der Waals surface area contributed by atoms with E-state index in [1.165, 1.54) is 5.56 Å². The molecule has 0 spiro atoms. The average Bonchev–Trinajstić information content (AvgIpc) is 2.53. The summed E-state index contributed by atoms with van der Waals surface area (Å²) < 4.78 is 4.94. The smallest absolute Gasteiger partial charge is 0.409 e. The second-order valence-corrected chi connectivity index (χ2v) is 8.58. The molecule has 0 saturated carbocycles. The zero-order valence-electron chi connectivity index (χ0n) is 19.1. The van der Waals surface area contributed by atoms with Crippen molar-refractivity contribution < 1.29 is 19.4 Å². The van der Waals surface area contributed by atoms with Gasteiger partial charge in [-0.2, -0.15) is 0 Å². The van der Waals surface area contributed by atoms with Crippen molar-refractivity contribution in [2.24, 2.45) is 23.5 Å². The zero-order valence-corrected chi connectivity index (χ0v) is 19.1. The van der Waals surface area contributed by atoms with Gasteiger partial charge in [0.2, 0.25) is 0 Å². The summed E-state index contributed by atoms with van der Waals surface area (Å²) in [4.78, 5) is 23.2. The molecule has 0 bridgehead atoms. The highest BCUT2D eigenvalue weighted by atomic mass is 16.5. The number of primary amides is 1. The van der Waals surface area contributed by atoms with Crippen molar-refractivity contribution in [1.82, 2.24) is 4.90 Å². The third-order valence-corrected chi connectivity index (χ3v) is 4.68. The Bertz CT molecular complexity index is 617. The number of carbonyl (C=O) groups excluding carboxylic acids is 1. The normalized spacial score (nSPS) is 14.0. The number of carbonyl (C=O) groups is 2. The van der Waals surface area contributed by atoms with Crippen LogP contribution < -0.4 is 10.5 Å². The lowest BCUT2D eigenvalue weighted by Crippen LogP contribution is -2.24. The number of nitrogens with zero attached hydrogens (tertiary/aromatic N) is 1. The van der Waals surface area contributed by atoms with Gasteiger partial charge in [0, 0.05) is 13.0 Å². The number of rotatable bonds is 10. The summed E-state index contributed by atoms with van der Waals surface area (Å²) in [5, 5.41) is 8.40. The van der Waals surface area contributed by atoms with Crippen LogP contribution in [0.25, 0.3) is 0 Å². The molecule has 0 aromatic heterocycles. The van der Waals surface area contributed by atoms with E-state index in [9.17, 15) is 9.59 Å². The molecule has 0 heterocycles. The molecule has 0 aliphatic heterocycles. The Balaban J connectivity index is 0.000000665. The molecule has 166 valence electrons. The topological polar surface area (TPSA) is 92.9 Å². The first-order chi connectivity index (χ1) is 13.5. The van der Waals surface area contributed by atoms with Crippen molar-refractivity contribution in [1.29, 1.82) is 0 Å². The van der Waals surface area contributed by atoms with Crippen molar-refractivity contribution in [3.63, 3.8) is 0 Å². The lowest BCUT2D eigenvalue weighted by molar-refractivity contribution is -0.138. The SMILES string of the molecule is CC(C)CC(C)CC(=O)O.CCC(c1cccc(OC(N)=O)c1)C(C)CN(C)C. The Labute approximate surface area is 176 Å². The van der Waals surface area contributed by atoms with Gasteiger partial charge in [0.1, 0.15) is 5.75 Å². The molecule has 1 aromatic carbocycles. The quantitative estimate of drug-likeness (QED) is 0.569. The number of amides is 1. The molecule has 0 radical (unpaired) electrons. The molecule has 0 aliphatic rings. The molecular weight excluding hydrogens is 368 g/mol. The second-order valence-electron chi connectivity index (χ2n) is 8.58. The fraction of sp³-hybridized carbons (Fsp3) is 0.652. The number of ether oxygens (including phenoxy) is 1. The minimum Gasteiger partial charge on any atom is -0.481 e. The van der Waals surface area contributed by atoms with Crippen LogP contribution in [0, 0.1) is 17.8 Å². The molecular formula is C23H40N2O4. The summed E-state index contributed by atoms with van der Waals surface area (Å²) in [5.74, 6) is 1.73. The van der Waals surface area contributed by atoms with Gasteiger partial charge in [-0.3, -0.25) is 4.79 Å². The second kappa shape index (κ2) is 14.0. The van der Waals surface area contributed by atoms with Crippen molar-refractivity contribution in [3.05, 3.63) is 29.8 Å². The first kappa shape index (κ1) is 26.9. The number of hydrogen-bond donors (Lipinski definition) is 2. The van der Waals surface area contributed by atoms with Gasteiger partial charge in [-0.1, -0.05) is 46.8 Å². The highest BCUT2D eigenvalue weighted by Crippen LogP contribution is 2.30. The van der Waals surface area contributed by atoms with E-state index >= 15 is 0 Å². The maximum atomic E-state index is 10.8. The molecule has 6 heteroatoms. The molecule has 3 N–H and O–H groups in total. The summed E-state index contributed by atoms with van der Waals surface area (Å²) in [6, 6.07) is 7.63. The van der Waals surface area contributed by atoms with E-state index in [1.54, 1.807) is 6.07 Å². The van der Waals surface area contributed by atoms with Gasteiger partial charge in [-0.15, -0.1) is 0 Å². The van der Waals surface area contributed by atoms with E-state index in [0.717, 1.165) is 19.4 Å². The summed E-state index contributed by atoms with van der Waals surface area (Å²) in [6.07, 6.45) is 1.59. The maximum absolute atomic E-state index is 10.8. The van der Waals surface area contributed by atoms with Crippen LogP contribution in [0.4, 0.5) is 4.79 Å². The molecule has 1 aromatic rings. The van der Waals surface area contributed by atoms with Crippen molar-refractivity contribution in [2.45, 2.75) is 59.8 Å². The molecule has 0 fully saturated rings.